The first-order valence-corrected chi connectivity index (χ1v) is 5.97. The average molecular weight is 270 g/mol. The van der Waals surface area contributed by atoms with Gasteiger partial charge in [0.2, 0.25) is 0 Å². The molecule has 1 rings (SSSR count). The predicted octanol–water partition coefficient (Wildman–Crippen LogP) is -0.592. The number of unbranched alkanes of at least 4 members (excludes halogenated alkanes) is 1. The Bertz CT molecular complexity index is 393. The first-order valence-electron chi connectivity index (χ1n) is 5.97. The molecule has 1 heterocycles. The van der Waals surface area contributed by atoms with Crippen LogP contribution in [-0.2, 0) is 11.3 Å². The van der Waals surface area contributed by atoms with Crippen molar-refractivity contribution >= 4 is 12.0 Å². The number of nitrogens with zero attached hydrogens (tertiary/aromatic N) is 2. The number of carbonyl (C=O) groups excluding carboxylic acids is 1. The number of hydrogen-bond acceptors (Lipinski definition) is 4. The van der Waals surface area contributed by atoms with Gasteiger partial charge in [-0.2, -0.15) is 0 Å². The number of nitrogens with one attached hydrogen (secondary N) is 2. The lowest BCUT2D eigenvalue weighted by Gasteiger charge is -2.12. The number of aliphatic hydroxyl groups is 1. The van der Waals surface area contributed by atoms with E-state index in [4.69, 9.17) is 10.2 Å². The molecule has 4 N–H and O–H groups in total. The number of hydrogen-bond donors (Lipinski definition) is 4. The molecule has 0 spiro atoms. The topological polar surface area (TPSA) is 116 Å². The number of carbonyl (C=O) groups is 2. The first-order chi connectivity index (χ1) is 9.13. The molecule has 0 bridgehead atoms. The Balaban J connectivity index is 2.08. The van der Waals surface area contributed by atoms with E-state index in [1.165, 1.54) is 0 Å². The Kier molecular flexibility index (Phi) is 6.37. The highest BCUT2D eigenvalue weighted by atomic mass is 16.4. The van der Waals surface area contributed by atoms with E-state index in [2.05, 4.69) is 15.6 Å². The molecular formula is C11H18N4O4. The van der Waals surface area contributed by atoms with Crippen molar-refractivity contribution in [2.24, 2.45) is 0 Å². The second-order valence-corrected chi connectivity index (χ2v) is 3.98. The second kappa shape index (κ2) is 8.09. The Morgan fingerprint density at radius 1 is 1.37 bits per heavy atom. The zero-order valence-corrected chi connectivity index (χ0v) is 10.5. The number of urea groups is 1. The molecule has 19 heavy (non-hydrogen) atoms. The van der Waals surface area contributed by atoms with Gasteiger partial charge in [0, 0.05) is 25.5 Å². The number of aromatic nitrogens is 2. The summed E-state index contributed by atoms with van der Waals surface area (Å²) in [7, 11) is 0. The van der Waals surface area contributed by atoms with Crippen molar-refractivity contribution in [2.75, 3.05) is 13.2 Å². The van der Waals surface area contributed by atoms with E-state index in [0.29, 0.717) is 6.54 Å². The van der Waals surface area contributed by atoms with Gasteiger partial charge in [-0.1, -0.05) is 0 Å². The van der Waals surface area contributed by atoms with Gasteiger partial charge in [0.15, 0.2) is 6.04 Å². The highest BCUT2D eigenvalue weighted by Crippen LogP contribution is 1.94. The fourth-order valence-electron chi connectivity index (χ4n) is 1.44. The fourth-order valence-corrected chi connectivity index (χ4v) is 1.44. The smallest absolute Gasteiger partial charge is 0.328 e. The molecule has 0 aromatic carbocycles. The minimum absolute atomic E-state index is 0.443. The molecule has 8 heteroatoms. The summed E-state index contributed by atoms with van der Waals surface area (Å²) in [5.41, 5.74) is 0. The van der Waals surface area contributed by atoms with Gasteiger partial charge in [0.25, 0.3) is 0 Å². The number of aliphatic carboxylic acids is 1. The average Bonchev–Trinajstić information content (AvgIpc) is 2.88. The molecule has 1 aromatic rings. The molecule has 2 amide bonds. The predicted molar refractivity (Wildman–Crippen MR) is 66.5 cm³/mol. The lowest BCUT2D eigenvalue weighted by Crippen LogP contribution is -2.48. The monoisotopic (exact) mass is 270 g/mol. The van der Waals surface area contributed by atoms with E-state index >= 15 is 0 Å². The van der Waals surface area contributed by atoms with Crippen molar-refractivity contribution in [3.05, 3.63) is 18.7 Å². The third-order valence-electron chi connectivity index (χ3n) is 2.47. The molecule has 0 saturated heterocycles. The van der Waals surface area contributed by atoms with E-state index in [0.717, 1.165) is 19.4 Å². The maximum absolute atomic E-state index is 11.3. The summed E-state index contributed by atoms with van der Waals surface area (Å²) in [5.74, 6) is -1.27. The van der Waals surface area contributed by atoms with Crippen LogP contribution in [0.2, 0.25) is 0 Å². The second-order valence-electron chi connectivity index (χ2n) is 3.98. The van der Waals surface area contributed by atoms with Crippen LogP contribution in [0, 0.1) is 0 Å². The number of amides is 2. The molecule has 1 atom stereocenters. The van der Waals surface area contributed by atoms with Crippen LogP contribution >= 0.6 is 0 Å². The minimum atomic E-state index is -1.27. The first kappa shape index (κ1) is 15.0. The van der Waals surface area contributed by atoms with E-state index in [-0.39, 0.29) is 0 Å². The van der Waals surface area contributed by atoms with Gasteiger partial charge in [-0.3, -0.25) is 0 Å². The van der Waals surface area contributed by atoms with Crippen LogP contribution in [0.5, 0.6) is 0 Å². The third kappa shape index (κ3) is 5.87. The summed E-state index contributed by atoms with van der Waals surface area (Å²) in [4.78, 5) is 25.8. The van der Waals surface area contributed by atoms with Gasteiger partial charge in [0.1, 0.15) is 0 Å². The Morgan fingerprint density at radius 2 is 2.16 bits per heavy atom. The van der Waals surface area contributed by atoms with E-state index in [1.807, 2.05) is 10.8 Å². The highest BCUT2D eigenvalue weighted by molar-refractivity contribution is 5.82. The van der Waals surface area contributed by atoms with Gasteiger partial charge in [-0.15, -0.1) is 0 Å². The molecule has 106 valence electrons. The molecule has 0 aliphatic rings. The molecule has 0 unspecified atom stereocenters. The lowest BCUT2D eigenvalue weighted by molar-refractivity contribution is -0.140. The molecule has 0 aliphatic heterocycles. The molecule has 0 aliphatic carbocycles. The number of rotatable bonds is 8. The van der Waals surface area contributed by atoms with Crippen molar-refractivity contribution in [2.45, 2.75) is 25.4 Å². The zero-order chi connectivity index (χ0) is 14.1. The maximum Gasteiger partial charge on any atom is 0.328 e. The summed E-state index contributed by atoms with van der Waals surface area (Å²) < 4.78 is 1.94. The molecule has 0 fully saturated rings. The molecule has 8 nitrogen and oxygen atoms in total. The van der Waals surface area contributed by atoms with Crippen LogP contribution in [0.3, 0.4) is 0 Å². The molecule has 0 saturated carbocycles. The van der Waals surface area contributed by atoms with Crippen molar-refractivity contribution < 1.29 is 19.8 Å². The third-order valence-corrected chi connectivity index (χ3v) is 2.47. The van der Waals surface area contributed by atoms with Crippen molar-refractivity contribution in [1.29, 1.82) is 0 Å². The largest absolute Gasteiger partial charge is 0.480 e. The highest BCUT2D eigenvalue weighted by Gasteiger charge is 2.17. The zero-order valence-electron chi connectivity index (χ0n) is 10.5. The van der Waals surface area contributed by atoms with Crippen LogP contribution in [0.25, 0.3) is 0 Å². The summed E-state index contributed by atoms with van der Waals surface area (Å²) in [6.07, 6.45) is 6.92. The fraction of sp³-hybridized carbons (Fsp3) is 0.545. The summed E-state index contributed by atoms with van der Waals surface area (Å²) in [6.45, 7) is 0.624. The number of carboxylic acid groups (broad SMARTS) is 1. The SMILES string of the molecule is O=C(NCCCCn1ccnc1)N[C@@H](CO)C(=O)O. The van der Waals surface area contributed by atoms with Gasteiger partial charge >= 0.3 is 12.0 Å². The van der Waals surface area contributed by atoms with Gasteiger partial charge in [-0.05, 0) is 12.8 Å². The van der Waals surface area contributed by atoms with Crippen molar-refractivity contribution in [1.82, 2.24) is 20.2 Å². The van der Waals surface area contributed by atoms with Gasteiger partial charge < -0.3 is 25.4 Å². The summed E-state index contributed by atoms with van der Waals surface area (Å²) in [5, 5.41) is 22.0. The van der Waals surface area contributed by atoms with E-state index < -0.39 is 24.6 Å². The Labute approximate surface area is 110 Å². The van der Waals surface area contributed by atoms with Crippen molar-refractivity contribution in [3.63, 3.8) is 0 Å². The molecule has 1 aromatic heterocycles. The van der Waals surface area contributed by atoms with Crippen LogP contribution in [0.15, 0.2) is 18.7 Å². The summed E-state index contributed by atoms with van der Waals surface area (Å²) in [6, 6.07) is -1.87. The van der Waals surface area contributed by atoms with Crippen LogP contribution in [-0.4, -0.2) is 51.0 Å². The number of aryl methyl sites for hydroxylation is 1. The van der Waals surface area contributed by atoms with Gasteiger partial charge in [-0.25, -0.2) is 14.6 Å². The van der Waals surface area contributed by atoms with Crippen LogP contribution in [0.4, 0.5) is 4.79 Å². The van der Waals surface area contributed by atoms with E-state index in [9.17, 15) is 9.59 Å². The quantitative estimate of drug-likeness (QED) is 0.471. The summed E-state index contributed by atoms with van der Waals surface area (Å²) >= 11 is 0. The number of carboxylic acids is 1. The number of imidazole rings is 1. The van der Waals surface area contributed by atoms with Crippen LogP contribution < -0.4 is 10.6 Å². The normalized spacial score (nSPS) is 11.8. The molecule has 0 radical (unpaired) electrons. The standard InChI is InChI=1S/C11H18N4O4/c16-7-9(10(17)18)14-11(19)13-3-1-2-5-15-6-4-12-8-15/h4,6,8-9,16H,1-3,5,7H2,(H,17,18)(H2,13,14,19)/t9-/m0/s1. The maximum atomic E-state index is 11.3. The van der Waals surface area contributed by atoms with E-state index in [1.54, 1.807) is 12.5 Å². The van der Waals surface area contributed by atoms with Gasteiger partial charge in [0.05, 0.1) is 12.9 Å². The lowest BCUT2D eigenvalue weighted by atomic mass is 10.3. The molecular weight excluding hydrogens is 252 g/mol. The van der Waals surface area contributed by atoms with Crippen molar-refractivity contribution in [3.8, 4) is 0 Å². The minimum Gasteiger partial charge on any atom is -0.480 e. The Morgan fingerprint density at radius 3 is 2.74 bits per heavy atom. The Hall–Kier alpha value is -2.09. The van der Waals surface area contributed by atoms with Crippen LogP contribution in [0.1, 0.15) is 12.8 Å². The number of aliphatic hydroxyl groups excluding tert-OH is 1.